The highest BCUT2D eigenvalue weighted by Crippen LogP contribution is 2.23. The summed E-state index contributed by atoms with van der Waals surface area (Å²) >= 11 is 0. The Kier molecular flexibility index (Phi) is 3.64. The predicted molar refractivity (Wildman–Crippen MR) is 75.9 cm³/mol. The summed E-state index contributed by atoms with van der Waals surface area (Å²) in [7, 11) is 0. The van der Waals surface area contributed by atoms with Gasteiger partial charge in [0, 0.05) is 18.3 Å². The van der Waals surface area contributed by atoms with Crippen molar-refractivity contribution in [1.82, 2.24) is 20.2 Å². The van der Waals surface area contributed by atoms with E-state index in [2.05, 4.69) is 46.8 Å². The quantitative estimate of drug-likeness (QED) is 0.926. The molecule has 2 aromatic rings. The van der Waals surface area contributed by atoms with E-state index in [-0.39, 0.29) is 0 Å². The van der Waals surface area contributed by atoms with Crippen LogP contribution in [0.3, 0.4) is 0 Å². The molecule has 1 aromatic heterocycles. The van der Waals surface area contributed by atoms with Gasteiger partial charge in [-0.3, -0.25) is 0 Å². The average molecular weight is 273 g/mol. The fourth-order valence-corrected chi connectivity index (χ4v) is 2.54. The number of nitrogens with zero attached hydrogens (tertiary/aromatic N) is 4. The number of aromatic nitrogens is 4. The van der Waals surface area contributed by atoms with E-state index in [1.807, 2.05) is 6.07 Å². The summed E-state index contributed by atoms with van der Waals surface area (Å²) in [5.74, 6) is 0. The molecule has 2 unspecified atom stereocenters. The predicted octanol–water partition coefficient (Wildman–Crippen LogP) is 1.95. The normalized spacial score (nSPS) is 22.7. The summed E-state index contributed by atoms with van der Waals surface area (Å²) in [4.78, 5) is 0. The Balaban J connectivity index is 1.80. The van der Waals surface area contributed by atoms with Crippen LogP contribution in [0.5, 0.6) is 0 Å². The molecule has 6 nitrogen and oxygen atoms in total. The van der Waals surface area contributed by atoms with Gasteiger partial charge in [0.15, 0.2) is 0 Å². The maximum Gasteiger partial charge on any atom is 0.143 e. The van der Waals surface area contributed by atoms with Gasteiger partial charge in [-0.2, -0.15) is 0 Å². The second-order valence-corrected chi connectivity index (χ2v) is 5.30. The Bertz CT molecular complexity index is 569. The first kappa shape index (κ1) is 13.1. The Labute approximate surface area is 118 Å². The number of hydrogen-bond donors (Lipinski definition) is 1. The van der Waals surface area contributed by atoms with Gasteiger partial charge in [0.1, 0.15) is 6.33 Å². The smallest absolute Gasteiger partial charge is 0.143 e. The van der Waals surface area contributed by atoms with Gasteiger partial charge in [0.05, 0.1) is 11.8 Å². The molecule has 1 saturated heterocycles. The van der Waals surface area contributed by atoms with Crippen molar-refractivity contribution >= 4 is 5.69 Å². The molecule has 2 heterocycles. The summed E-state index contributed by atoms with van der Waals surface area (Å²) in [6, 6.07) is 6.65. The Morgan fingerprint density at radius 3 is 3.05 bits per heavy atom. The first-order valence-corrected chi connectivity index (χ1v) is 6.94. The van der Waals surface area contributed by atoms with Gasteiger partial charge in [0.25, 0.3) is 0 Å². The standard InChI is InChI=1S/C14H19N5O/c1-10-3-4-13(19-9-15-17-18-19)8-14(10)16-12-5-6-20-11(2)7-12/h3-4,8-9,11-12,16H,5-7H2,1-2H3. The molecule has 20 heavy (non-hydrogen) atoms. The van der Waals surface area contributed by atoms with Crippen molar-refractivity contribution in [2.75, 3.05) is 11.9 Å². The number of tetrazole rings is 1. The maximum absolute atomic E-state index is 5.59. The molecule has 3 rings (SSSR count). The third-order valence-electron chi connectivity index (χ3n) is 3.68. The van der Waals surface area contributed by atoms with Crippen LogP contribution in [0, 0.1) is 6.92 Å². The Morgan fingerprint density at radius 1 is 1.40 bits per heavy atom. The molecule has 0 saturated carbocycles. The fraction of sp³-hybridized carbons (Fsp3) is 0.500. The molecule has 1 N–H and O–H groups in total. The lowest BCUT2D eigenvalue weighted by molar-refractivity contribution is 0.0232. The van der Waals surface area contributed by atoms with Gasteiger partial charge >= 0.3 is 0 Å². The number of benzene rings is 1. The second-order valence-electron chi connectivity index (χ2n) is 5.30. The summed E-state index contributed by atoms with van der Waals surface area (Å²) in [5.41, 5.74) is 3.32. The van der Waals surface area contributed by atoms with Gasteiger partial charge in [-0.25, -0.2) is 4.68 Å². The van der Waals surface area contributed by atoms with E-state index in [9.17, 15) is 0 Å². The molecule has 2 atom stereocenters. The monoisotopic (exact) mass is 273 g/mol. The Morgan fingerprint density at radius 2 is 2.30 bits per heavy atom. The summed E-state index contributed by atoms with van der Waals surface area (Å²) in [6.45, 7) is 5.05. The van der Waals surface area contributed by atoms with Crippen molar-refractivity contribution in [3.05, 3.63) is 30.1 Å². The summed E-state index contributed by atoms with van der Waals surface area (Å²) in [6.07, 6.45) is 4.00. The third-order valence-corrected chi connectivity index (χ3v) is 3.68. The van der Waals surface area contributed by atoms with Crippen LogP contribution in [0.4, 0.5) is 5.69 Å². The van der Waals surface area contributed by atoms with Gasteiger partial charge in [-0.05, 0) is 54.8 Å². The maximum atomic E-state index is 5.59. The lowest BCUT2D eigenvalue weighted by Gasteiger charge is -2.29. The van der Waals surface area contributed by atoms with Crippen molar-refractivity contribution in [2.24, 2.45) is 0 Å². The minimum absolute atomic E-state index is 0.323. The fourth-order valence-electron chi connectivity index (χ4n) is 2.54. The van der Waals surface area contributed by atoms with Crippen LogP contribution < -0.4 is 5.32 Å². The van der Waals surface area contributed by atoms with Gasteiger partial charge < -0.3 is 10.1 Å². The van der Waals surface area contributed by atoms with Crippen molar-refractivity contribution in [3.8, 4) is 5.69 Å². The lowest BCUT2D eigenvalue weighted by atomic mass is 10.0. The minimum Gasteiger partial charge on any atom is -0.382 e. The molecule has 1 aliphatic heterocycles. The zero-order chi connectivity index (χ0) is 13.9. The minimum atomic E-state index is 0.323. The number of nitrogens with one attached hydrogen (secondary N) is 1. The molecule has 1 aliphatic rings. The summed E-state index contributed by atoms with van der Waals surface area (Å²) in [5, 5.41) is 14.9. The van der Waals surface area contributed by atoms with E-state index in [4.69, 9.17) is 4.74 Å². The summed E-state index contributed by atoms with van der Waals surface area (Å²) < 4.78 is 7.25. The van der Waals surface area contributed by atoms with Gasteiger partial charge in [0.2, 0.25) is 0 Å². The van der Waals surface area contributed by atoms with Crippen molar-refractivity contribution < 1.29 is 4.74 Å². The first-order chi connectivity index (χ1) is 9.72. The molecule has 106 valence electrons. The number of ether oxygens (including phenoxy) is 1. The highest BCUT2D eigenvalue weighted by atomic mass is 16.5. The topological polar surface area (TPSA) is 64.9 Å². The van der Waals surface area contributed by atoms with E-state index >= 15 is 0 Å². The Hall–Kier alpha value is -1.95. The van der Waals surface area contributed by atoms with E-state index < -0.39 is 0 Å². The molecule has 0 spiro atoms. The van der Waals surface area contributed by atoms with Crippen LogP contribution >= 0.6 is 0 Å². The number of hydrogen-bond acceptors (Lipinski definition) is 5. The molecular formula is C14H19N5O. The second kappa shape index (κ2) is 5.58. The van der Waals surface area contributed by atoms with Crippen LogP contribution in [0.15, 0.2) is 24.5 Å². The van der Waals surface area contributed by atoms with Crippen LogP contribution in [-0.4, -0.2) is 39.0 Å². The number of aryl methyl sites for hydroxylation is 1. The zero-order valence-corrected chi connectivity index (χ0v) is 11.8. The molecule has 0 aliphatic carbocycles. The highest BCUT2D eigenvalue weighted by molar-refractivity contribution is 5.57. The SMILES string of the molecule is Cc1ccc(-n2cnnn2)cc1NC1CCOC(C)C1. The van der Waals surface area contributed by atoms with Gasteiger partial charge in [-0.1, -0.05) is 6.07 Å². The average Bonchev–Trinajstić information content (AvgIpc) is 2.95. The third kappa shape index (κ3) is 2.80. The van der Waals surface area contributed by atoms with Crippen LogP contribution in [0.2, 0.25) is 0 Å². The van der Waals surface area contributed by atoms with E-state index in [1.54, 1.807) is 11.0 Å². The van der Waals surface area contributed by atoms with Crippen LogP contribution in [0.25, 0.3) is 5.69 Å². The molecule has 1 fully saturated rings. The molecule has 0 amide bonds. The molecular weight excluding hydrogens is 254 g/mol. The van der Waals surface area contributed by atoms with Crippen LogP contribution in [0.1, 0.15) is 25.3 Å². The number of anilines is 1. The van der Waals surface area contributed by atoms with E-state index in [1.165, 1.54) is 5.56 Å². The van der Waals surface area contributed by atoms with Gasteiger partial charge in [-0.15, -0.1) is 5.10 Å². The molecule has 6 heteroatoms. The molecule has 0 radical (unpaired) electrons. The first-order valence-electron chi connectivity index (χ1n) is 6.94. The molecule has 1 aromatic carbocycles. The largest absolute Gasteiger partial charge is 0.382 e. The van der Waals surface area contributed by atoms with Crippen molar-refractivity contribution in [1.29, 1.82) is 0 Å². The van der Waals surface area contributed by atoms with E-state index in [0.29, 0.717) is 12.1 Å². The van der Waals surface area contributed by atoms with Crippen molar-refractivity contribution in [3.63, 3.8) is 0 Å². The van der Waals surface area contributed by atoms with Crippen LogP contribution in [-0.2, 0) is 4.74 Å². The lowest BCUT2D eigenvalue weighted by Crippen LogP contribution is -2.32. The molecule has 0 bridgehead atoms. The zero-order valence-electron chi connectivity index (χ0n) is 11.8. The van der Waals surface area contributed by atoms with E-state index in [0.717, 1.165) is 30.8 Å². The van der Waals surface area contributed by atoms with Crippen molar-refractivity contribution in [2.45, 2.75) is 38.8 Å². The highest BCUT2D eigenvalue weighted by Gasteiger charge is 2.19. The number of rotatable bonds is 3.